The van der Waals surface area contributed by atoms with Crippen molar-refractivity contribution in [3.8, 4) is 0 Å². The van der Waals surface area contributed by atoms with E-state index in [2.05, 4.69) is 10.1 Å². The molecule has 8 nitrogen and oxygen atoms in total. The van der Waals surface area contributed by atoms with Gasteiger partial charge >= 0.3 is 12.2 Å². The molecular formula is C19H23F2N3O5S. The van der Waals surface area contributed by atoms with E-state index in [1.54, 1.807) is 4.90 Å². The fourth-order valence-electron chi connectivity index (χ4n) is 4.40. The molecule has 1 aromatic rings. The van der Waals surface area contributed by atoms with Crippen molar-refractivity contribution in [2.45, 2.75) is 37.5 Å². The van der Waals surface area contributed by atoms with Gasteiger partial charge in [-0.15, -0.1) is 0 Å². The molecule has 164 valence electrons. The topological polar surface area (TPSA) is 88.2 Å². The highest BCUT2D eigenvalue weighted by molar-refractivity contribution is 7.85. The number of nitrogens with one attached hydrogen (secondary N) is 1. The van der Waals surface area contributed by atoms with Gasteiger partial charge in [-0.05, 0) is 12.8 Å². The molecular weight excluding hydrogens is 420 g/mol. The second-order valence-electron chi connectivity index (χ2n) is 7.65. The number of carbonyl (C=O) groups is 2. The largest absolute Gasteiger partial charge is 0.453 e. The normalized spacial score (nSPS) is 27.9. The summed E-state index contributed by atoms with van der Waals surface area (Å²) in [4.78, 5) is 26.2. The van der Waals surface area contributed by atoms with E-state index in [1.165, 1.54) is 12.0 Å². The molecule has 11 heteroatoms. The van der Waals surface area contributed by atoms with Gasteiger partial charge in [0.15, 0.2) is 11.6 Å². The van der Waals surface area contributed by atoms with Crippen LogP contribution in [-0.2, 0) is 20.3 Å². The fourth-order valence-corrected chi connectivity index (χ4v) is 6.04. The first-order chi connectivity index (χ1) is 14.4. The number of methoxy groups -OCH3 is 1. The Balaban J connectivity index is 1.48. The lowest BCUT2D eigenvalue weighted by molar-refractivity contribution is 0.135. The molecule has 3 aliphatic heterocycles. The van der Waals surface area contributed by atoms with Crippen molar-refractivity contribution >= 4 is 34.4 Å². The van der Waals surface area contributed by atoms with Gasteiger partial charge in [-0.2, -0.15) is 0 Å². The van der Waals surface area contributed by atoms with Gasteiger partial charge in [-0.1, -0.05) is 0 Å². The Morgan fingerprint density at radius 2 is 1.90 bits per heavy atom. The summed E-state index contributed by atoms with van der Waals surface area (Å²) in [5.74, 6) is -0.676. The van der Waals surface area contributed by atoms with E-state index in [0.717, 1.165) is 25.0 Å². The average molecular weight is 443 g/mol. The Morgan fingerprint density at radius 3 is 2.50 bits per heavy atom. The average Bonchev–Trinajstić information content (AvgIpc) is 3.18. The zero-order valence-corrected chi connectivity index (χ0v) is 17.3. The molecule has 4 rings (SSSR count). The molecule has 0 spiro atoms. The van der Waals surface area contributed by atoms with E-state index in [-0.39, 0.29) is 36.5 Å². The molecule has 1 N–H and O–H groups in total. The third-order valence-electron chi connectivity index (χ3n) is 5.74. The van der Waals surface area contributed by atoms with Crippen LogP contribution in [0.2, 0.25) is 0 Å². The summed E-state index contributed by atoms with van der Waals surface area (Å²) in [6, 6.07) is 2.00. The SMILES string of the molecule is COC(=O)NCC[C@H]1CN(c2cc(F)c(N3C4CCC3CS(=O)C4)c(F)c2)C(=O)O1. The van der Waals surface area contributed by atoms with Crippen LogP contribution in [0.15, 0.2) is 12.1 Å². The first kappa shape index (κ1) is 20.8. The van der Waals surface area contributed by atoms with Crippen LogP contribution in [0, 0.1) is 11.6 Å². The Kier molecular flexibility index (Phi) is 5.81. The van der Waals surface area contributed by atoms with Crippen LogP contribution in [-0.4, -0.2) is 66.3 Å². The number of benzene rings is 1. The monoisotopic (exact) mass is 443 g/mol. The van der Waals surface area contributed by atoms with E-state index in [9.17, 15) is 22.6 Å². The summed E-state index contributed by atoms with van der Waals surface area (Å²) in [7, 11) is 0.287. The van der Waals surface area contributed by atoms with E-state index in [1.807, 2.05) is 0 Å². The number of rotatable bonds is 5. The highest BCUT2D eigenvalue weighted by Crippen LogP contribution is 2.39. The number of fused-ring (bicyclic) bond motifs is 2. The van der Waals surface area contributed by atoms with Gasteiger partial charge in [0.2, 0.25) is 0 Å². The molecule has 3 heterocycles. The van der Waals surface area contributed by atoms with Gasteiger partial charge in [0.05, 0.1) is 19.3 Å². The van der Waals surface area contributed by atoms with Gasteiger partial charge in [0.25, 0.3) is 0 Å². The summed E-state index contributed by atoms with van der Waals surface area (Å²) in [5, 5.41) is 2.49. The molecule has 3 saturated heterocycles. The van der Waals surface area contributed by atoms with Crippen molar-refractivity contribution in [1.82, 2.24) is 5.32 Å². The van der Waals surface area contributed by atoms with Crippen molar-refractivity contribution in [3.05, 3.63) is 23.8 Å². The van der Waals surface area contributed by atoms with Crippen LogP contribution in [0.1, 0.15) is 19.3 Å². The van der Waals surface area contributed by atoms with Gasteiger partial charge in [-0.3, -0.25) is 9.11 Å². The molecule has 3 fully saturated rings. The van der Waals surface area contributed by atoms with E-state index >= 15 is 0 Å². The quantitative estimate of drug-likeness (QED) is 0.750. The Bertz CT molecular complexity index is 847. The molecule has 0 aliphatic carbocycles. The number of halogens is 2. The minimum atomic E-state index is -0.957. The Hall–Kier alpha value is -2.43. The molecule has 3 aliphatic rings. The number of carbonyl (C=O) groups excluding carboxylic acids is 2. The number of cyclic esters (lactones) is 1. The zero-order valence-electron chi connectivity index (χ0n) is 16.4. The summed E-state index contributed by atoms with van der Waals surface area (Å²) >= 11 is 0. The van der Waals surface area contributed by atoms with E-state index < -0.39 is 40.7 Å². The standard InChI is InChI=1S/C19H23F2N3O5S/c1-28-18(25)22-5-4-14-8-23(19(26)29-14)13-6-15(20)17(16(21)7-13)24-11-2-3-12(24)10-30(27)9-11/h6-7,11-12,14H,2-5,8-10H2,1H3,(H,22,25)/t11?,12?,14-,30?/m0/s1. The van der Waals surface area contributed by atoms with Gasteiger partial charge in [0, 0.05) is 59.5 Å². The summed E-state index contributed by atoms with van der Waals surface area (Å²) in [6.45, 7) is 0.354. The maximum absolute atomic E-state index is 15.0. The molecule has 2 bridgehead atoms. The third-order valence-corrected chi connectivity index (χ3v) is 7.26. The summed E-state index contributed by atoms with van der Waals surface area (Å²) in [5.41, 5.74) is -0.0375. The number of amides is 2. The van der Waals surface area contributed by atoms with E-state index in [4.69, 9.17) is 4.74 Å². The molecule has 2 amide bonds. The second-order valence-corrected chi connectivity index (χ2v) is 9.19. The van der Waals surface area contributed by atoms with Gasteiger partial charge in [0.1, 0.15) is 11.8 Å². The van der Waals surface area contributed by atoms with Crippen LogP contribution in [0.4, 0.5) is 29.7 Å². The maximum atomic E-state index is 15.0. The van der Waals surface area contributed by atoms with Crippen molar-refractivity contribution in [3.63, 3.8) is 0 Å². The predicted octanol–water partition coefficient (Wildman–Crippen LogP) is 2.14. The molecule has 2 unspecified atom stereocenters. The molecule has 1 aromatic carbocycles. The van der Waals surface area contributed by atoms with Crippen molar-refractivity contribution < 1.29 is 32.1 Å². The lowest BCUT2D eigenvalue weighted by atomic mass is 10.1. The van der Waals surface area contributed by atoms with E-state index in [0.29, 0.717) is 17.9 Å². The van der Waals surface area contributed by atoms with Crippen molar-refractivity contribution in [2.24, 2.45) is 0 Å². The number of hydrogen-bond acceptors (Lipinski definition) is 6. The van der Waals surface area contributed by atoms with Crippen LogP contribution in [0.25, 0.3) is 0 Å². The minimum Gasteiger partial charge on any atom is -0.453 e. The van der Waals surface area contributed by atoms with Gasteiger partial charge < -0.3 is 19.7 Å². The summed E-state index contributed by atoms with van der Waals surface area (Å²) < 4.78 is 51.6. The first-order valence-electron chi connectivity index (χ1n) is 9.79. The van der Waals surface area contributed by atoms with Crippen LogP contribution in [0.3, 0.4) is 0 Å². The molecule has 0 radical (unpaired) electrons. The minimum absolute atomic E-state index is 0.0788. The van der Waals surface area contributed by atoms with Crippen molar-refractivity contribution in [2.75, 3.05) is 41.5 Å². The Morgan fingerprint density at radius 1 is 1.27 bits per heavy atom. The molecule has 30 heavy (non-hydrogen) atoms. The fraction of sp³-hybridized carbons (Fsp3) is 0.579. The summed E-state index contributed by atoms with van der Waals surface area (Å²) in [6.07, 6.45) is 0.0558. The van der Waals surface area contributed by atoms with Gasteiger partial charge in [-0.25, -0.2) is 18.4 Å². The maximum Gasteiger partial charge on any atom is 0.414 e. The number of alkyl carbamates (subject to hydrolysis) is 1. The predicted molar refractivity (Wildman–Crippen MR) is 106 cm³/mol. The molecule has 3 atom stereocenters. The lowest BCUT2D eigenvalue weighted by Gasteiger charge is -2.36. The highest BCUT2D eigenvalue weighted by atomic mass is 32.2. The zero-order chi connectivity index (χ0) is 21.4. The Labute approximate surface area is 174 Å². The lowest BCUT2D eigenvalue weighted by Crippen LogP contribution is -2.48. The van der Waals surface area contributed by atoms with Crippen LogP contribution < -0.4 is 15.1 Å². The molecule has 0 aromatic heterocycles. The first-order valence-corrected chi connectivity index (χ1v) is 11.3. The third kappa shape index (κ3) is 3.94. The molecule has 0 saturated carbocycles. The van der Waals surface area contributed by atoms with Crippen molar-refractivity contribution in [1.29, 1.82) is 0 Å². The number of ether oxygens (including phenoxy) is 2. The number of nitrogens with zero attached hydrogens (tertiary/aromatic N) is 2. The van der Waals surface area contributed by atoms with Crippen LogP contribution >= 0.6 is 0 Å². The highest BCUT2D eigenvalue weighted by Gasteiger charge is 2.42. The second kappa shape index (κ2) is 8.37. The number of anilines is 2. The smallest absolute Gasteiger partial charge is 0.414 e. The number of hydrogen-bond donors (Lipinski definition) is 1. The van der Waals surface area contributed by atoms with Crippen LogP contribution in [0.5, 0.6) is 0 Å².